The van der Waals surface area contributed by atoms with E-state index in [0.29, 0.717) is 12.3 Å². The Kier molecular flexibility index (Phi) is 1.66. The molecule has 3 heteroatoms. The summed E-state index contributed by atoms with van der Waals surface area (Å²) in [6.07, 6.45) is 3.05. The molecule has 0 N–H and O–H groups in total. The lowest BCUT2D eigenvalue weighted by atomic mass is 9.66. The molecule has 0 aromatic heterocycles. The van der Waals surface area contributed by atoms with Gasteiger partial charge in [0.05, 0.1) is 11.5 Å². The summed E-state index contributed by atoms with van der Waals surface area (Å²) in [5, 5.41) is 9.45. The third-order valence-corrected chi connectivity index (χ3v) is 4.19. The van der Waals surface area contributed by atoms with Crippen LogP contribution in [0.15, 0.2) is 11.3 Å². The van der Waals surface area contributed by atoms with Crippen LogP contribution in [0.25, 0.3) is 0 Å². The maximum atomic E-state index is 11.3. The summed E-state index contributed by atoms with van der Waals surface area (Å²) in [6, 6.07) is 2.46. The van der Waals surface area contributed by atoms with Crippen LogP contribution < -0.4 is 0 Å². The number of carbonyl (C=O) groups is 1. The third kappa shape index (κ3) is 1.05. The molecule has 2 aliphatic heterocycles. The van der Waals surface area contributed by atoms with E-state index in [4.69, 9.17) is 4.74 Å². The molecule has 3 atom stereocenters. The highest BCUT2D eigenvalue weighted by atomic mass is 16.5. The van der Waals surface area contributed by atoms with E-state index in [1.807, 2.05) is 0 Å². The second kappa shape index (κ2) is 2.68. The van der Waals surface area contributed by atoms with Crippen LogP contribution >= 0.6 is 0 Å². The highest BCUT2D eigenvalue weighted by Crippen LogP contribution is 2.65. The number of carbonyl (C=O) groups excluding carboxylic acids is 1. The molecule has 2 aliphatic carbocycles. The second-order valence-corrected chi connectivity index (χ2v) is 5.75. The van der Waals surface area contributed by atoms with Gasteiger partial charge in [0.1, 0.15) is 17.1 Å². The molecule has 0 spiro atoms. The topological polar surface area (TPSA) is 50.1 Å². The Morgan fingerprint density at radius 1 is 1.62 bits per heavy atom. The largest absolute Gasteiger partial charge is 0.492 e. The molecule has 84 valence electrons. The van der Waals surface area contributed by atoms with Crippen molar-refractivity contribution < 1.29 is 9.53 Å². The number of ether oxygens (including phenoxy) is 1. The molecule has 1 saturated carbocycles. The molecule has 0 aromatic carbocycles. The molecule has 4 rings (SSSR count). The predicted molar refractivity (Wildman–Crippen MR) is 57.2 cm³/mol. The van der Waals surface area contributed by atoms with Crippen LogP contribution in [0.2, 0.25) is 0 Å². The van der Waals surface area contributed by atoms with Gasteiger partial charge >= 0.3 is 0 Å². The van der Waals surface area contributed by atoms with Crippen LogP contribution in [0.4, 0.5) is 0 Å². The van der Waals surface area contributed by atoms with Crippen molar-refractivity contribution in [3.8, 4) is 6.07 Å². The van der Waals surface area contributed by atoms with Crippen LogP contribution in [0, 0.1) is 22.7 Å². The average Bonchev–Trinajstić information content (AvgIpc) is 2.54. The Balaban J connectivity index is 2.09. The van der Waals surface area contributed by atoms with Gasteiger partial charge in [-0.3, -0.25) is 4.79 Å². The lowest BCUT2D eigenvalue weighted by Crippen LogP contribution is -2.39. The Labute approximate surface area is 95.1 Å². The molecule has 0 radical (unpaired) electrons. The van der Waals surface area contributed by atoms with Gasteiger partial charge in [0, 0.05) is 18.8 Å². The van der Waals surface area contributed by atoms with Crippen molar-refractivity contribution in [1.29, 1.82) is 5.26 Å². The molecule has 1 saturated heterocycles. The number of nitrogens with zero attached hydrogens (tertiary/aromatic N) is 1. The molecule has 2 fully saturated rings. The quantitative estimate of drug-likeness (QED) is 0.713. The van der Waals surface area contributed by atoms with Gasteiger partial charge in [0.2, 0.25) is 0 Å². The third-order valence-electron chi connectivity index (χ3n) is 4.19. The summed E-state index contributed by atoms with van der Waals surface area (Å²) in [7, 11) is 0. The highest BCUT2D eigenvalue weighted by Gasteiger charge is 2.62. The predicted octanol–water partition coefficient (Wildman–Crippen LogP) is 2.33. The zero-order valence-corrected chi connectivity index (χ0v) is 9.67. The van der Waals surface area contributed by atoms with Crippen molar-refractivity contribution in [2.45, 2.75) is 45.1 Å². The Morgan fingerprint density at radius 3 is 3.00 bits per heavy atom. The van der Waals surface area contributed by atoms with Gasteiger partial charge in [0.15, 0.2) is 0 Å². The first-order valence-electron chi connectivity index (χ1n) is 5.81. The summed E-state index contributed by atoms with van der Waals surface area (Å²) < 4.78 is 5.96. The minimum atomic E-state index is -0.392. The fourth-order valence-electron chi connectivity index (χ4n) is 3.84. The van der Waals surface area contributed by atoms with Gasteiger partial charge in [-0.15, -0.1) is 0 Å². The number of hydrogen-bond acceptors (Lipinski definition) is 3. The normalized spacial score (nSPS) is 43.4. The Bertz CT molecular complexity index is 459. The fraction of sp³-hybridized carbons (Fsp3) is 0.692. The molecule has 2 heterocycles. The molecule has 16 heavy (non-hydrogen) atoms. The van der Waals surface area contributed by atoms with E-state index in [-0.39, 0.29) is 11.4 Å². The van der Waals surface area contributed by atoms with E-state index < -0.39 is 5.41 Å². The van der Waals surface area contributed by atoms with Crippen LogP contribution in [0.1, 0.15) is 39.5 Å². The minimum Gasteiger partial charge on any atom is -0.492 e. The van der Waals surface area contributed by atoms with Crippen molar-refractivity contribution in [3.05, 3.63) is 11.3 Å². The summed E-state index contributed by atoms with van der Waals surface area (Å²) in [4.78, 5) is 11.3. The molecule has 3 unspecified atom stereocenters. The number of ketones is 1. The van der Waals surface area contributed by atoms with Gasteiger partial charge in [0.25, 0.3) is 0 Å². The summed E-state index contributed by atoms with van der Waals surface area (Å²) >= 11 is 0. The number of nitriles is 1. The highest BCUT2D eigenvalue weighted by molar-refractivity contribution is 5.79. The molecule has 0 aromatic rings. The summed E-state index contributed by atoms with van der Waals surface area (Å²) in [5.74, 6) is 1.50. The van der Waals surface area contributed by atoms with Crippen LogP contribution in [-0.2, 0) is 9.53 Å². The van der Waals surface area contributed by atoms with E-state index in [1.165, 1.54) is 0 Å². The zero-order valence-electron chi connectivity index (χ0n) is 9.67. The smallest absolute Gasteiger partial charge is 0.134 e. The number of rotatable bonds is 2. The first-order chi connectivity index (χ1) is 7.48. The van der Waals surface area contributed by atoms with E-state index in [2.05, 4.69) is 13.0 Å². The van der Waals surface area contributed by atoms with E-state index in [1.54, 1.807) is 6.92 Å². The SMILES string of the molecule is CC(=O)CC1=C2OC3(C)CC2CC1(C#N)C3. The maximum absolute atomic E-state index is 11.3. The van der Waals surface area contributed by atoms with Gasteiger partial charge in [-0.25, -0.2) is 0 Å². The standard InChI is InChI=1S/C13H15NO2/c1-8(15)3-10-11-9-4-12(2,16-11)6-13(10,5-9)7-14/h9H,3-6H2,1-2H3. The van der Waals surface area contributed by atoms with E-state index >= 15 is 0 Å². The van der Waals surface area contributed by atoms with Crippen LogP contribution in [-0.4, -0.2) is 11.4 Å². The van der Waals surface area contributed by atoms with E-state index in [0.717, 1.165) is 30.6 Å². The number of hydrogen-bond donors (Lipinski definition) is 0. The second-order valence-electron chi connectivity index (χ2n) is 5.75. The Hall–Kier alpha value is -1.30. The first kappa shape index (κ1) is 9.89. The molecular weight excluding hydrogens is 202 g/mol. The molecule has 4 aliphatic rings. The van der Waals surface area contributed by atoms with Crippen molar-refractivity contribution in [3.63, 3.8) is 0 Å². The van der Waals surface area contributed by atoms with Gasteiger partial charge in [-0.05, 0) is 32.3 Å². The monoisotopic (exact) mass is 217 g/mol. The van der Waals surface area contributed by atoms with Crippen LogP contribution in [0.3, 0.4) is 0 Å². The lowest BCUT2D eigenvalue weighted by molar-refractivity contribution is -0.116. The van der Waals surface area contributed by atoms with Crippen molar-refractivity contribution in [2.75, 3.05) is 0 Å². The van der Waals surface area contributed by atoms with Gasteiger partial charge < -0.3 is 4.74 Å². The number of allylic oxidation sites excluding steroid dienone is 2. The van der Waals surface area contributed by atoms with Crippen LogP contribution in [0.5, 0.6) is 0 Å². The maximum Gasteiger partial charge on any atom is 0.134 e. The van der Waals surface area contributed by atoms with Gasteiger partial charge in [-0.2, -0.15) is 5.26 Å². The molecule has 0 amide bonds. The molecule has 4 bridgehead atoms. The minimum absolute atomic E-state index is 0.127. The lowest BCUT2D eigenvalue weighted by Gasteiger charge is -2.40. The van der Waals surface area contributed by atoms with Crippen molar-refractivity contribution in [1.82, 2.24) is 0 Å². The average molecular weight is 217 g/mol. The zero-order chi connectivity index (χ0) is 11.6. The first-order valence-corrected chi connectivity index (χ1v) is 5.81. The molecule has 3 nitrogen and oxygen atoms in total. The van der Waals surface area contributed by atoms with E-state index in [9.17, 15) is 10.1 Å². The summed E-state index contributed by atoms with van der Waals surface area (Å²) in [5.41, 5.74) is 0.452. The molecular formula is C13H15NO2. The summed E-state index contributed by atoms with van der Waals surface area (Å²) in [6.45, 7) is 3.67. The van der Waals surface area contributed by atoms with Crippen molar-refractivity contribution >= 4 is 5.78 Å². The van der Waals surface area contributed by atoms with Gasteiger partial charge in [-0.1, -0.05) is 0 Å². The fourth-order valence-corrected chi connectivity index (χ4v) is 3.84. The number of Topliss-reactive ketones (excluding diaryl/α,β-unsaturated/α-hetero) is 1. The Morgan fingerprint density at radius 2 is 2.38 bits per heavy atom. The van der Waals surface area contributed by atoms with Crippen molar-refractivity contribution in [2.24, 2.45) is 11.3 Å².